The van der Waals surface area contributed by atoms with E-state index in [4.69, 9.17) is 4.74 Å². The number of thiophene rings is 1. The van der Waals surface area contributed by atoms with E-state index >= 15 is 0 Å². The Kier molecular flexibility index (Phi) is 7.46. The highest BCUT2D eigenvalue weighted by Gasteiger charge is 2.14. The van der Waals surface area contributed by atoms with E-state index < -0.39 is 0 Å². The van der Waals surface area contributed by atoms with E-state index in [1.807, 2.05) is 14.1 Å². The van der Waals surface area contributed by atoms with Gasteiger partial charge in [0.2, 0.25) is 0 Å². The fourth-order valence-electron chi connectivity index (χ4n) is 2.61. The Labute approximate surface area is 147 Å². The van der Waals surface area contributed by atoms with Crippen LogP contribution in [-0.4, -0.2) is 50.4 Å². The Morgan fingerprint density at radius 1 is 1.29 bits per heavy atom. The van der Waals surface area contributed by atoms with Crippen molar-refractivity contribution in [2.24, 2.45) is 5.92 Å². The largest absolute Gasteiger partial charge is 0.383 e. The van der Waals surface area contributed by atoms with Crippen LogP contribution in [0.1, 0.15) is 45.0 Å². The summed E-state index contributed by atoms with van der Waals surface area (Å²) < 4.78 is 5.35. The summed E-state index contributed by atoms with van der Waals surface area (Å²) in [5.74, 6) is 0.556. The minimum Gasteiger partial charge on any atom is -0.383 e. The first-order valence-electron chi connectivity index (χ1n) is 8.41. The molecular formula is C18H26N2O3S. The van der Waals surface area contributed by atoms with Crippen LogP contribution in [0.15, 0.2) is 24.4 Å². The smallest absolute Gasteiger partial charge is 0.261 e. The maximum atomic E-state index is 12.1. The third-order valence-electron chi connectivity index (χ3n) is 4.01. The SMILES string of the molecule is CN(C)/C=C/C(=O)c1ccc(C(=O)NCCCC2CCOCC2)s1. The van der Waals surface area contributed by atoms with Gasteiger partial charge >= 0.3 is 0 Å². The summed E-state index contributed by atoms with van der Waals surface area (Å²) in [5.41, 5.74) is 0. The van der Waals surface area contributed by atoms with Crippen molar-refractivity contribution in [3.05, 3.63) is 34.2 Å². The van der Waals surface area contributed by atoms with Gasteiger partial charge in [0.15, 0.2) is 5.78 Å². The second kappa shape index (κ2) is 9.59. The lowest BCUT2D eigenvalue weighted by Crippen LogP contribution is -2.24. The maximum Gasteiger partial charge on any atom is 0.261 e. The number of hydrogen-bond acceptors (Lipinski definition) is 5. The predicted molar refractivity (Wildman–Crippen MR) is 96.6 cm³/mol. The van der Waals surface area contributed by atoms with Crippen molar-refractivity contribution in [3.8, 4) is 0 Å². The second-order valence-electron chi connectivity index (χ2n) is 6.26. The molecule has 0 radical (unpaired) electrons. The van der Waals surface area contributed by atoms with Crippen LogP contribution in [-0.2, 0) is 4.74 Å². The van der Waals surface area contributed by atoms with E-state index in [0.29, 0.717) is 16.3 Å². The molecule has 0 atom stereocenters. The molecule has 1 aromatic rings. The lowest BCUT2D eigenvalue weighted by Gasteiger charge is -2.21. The zero-order chi connectivity index (χ0) is 17.4. The molecule has 0 unspecified atom stereocenters. The Morgan fingerprint density at radius 2 is 2.00 bits per heavy atom. The minimum absolute atomic E-state index is 0.0766. The first-order chi connectivity index (χ1) is 11.6. The van der Waals surface area contributed by atoms with Crippen LogP contribution in [0.5, 0.6) is 0 Å². The van der Waals surface area contributed by atoms with Crippen LogP contribution >= 0.6 is 11.3 Å². The van der Waals surface area contributed by atoms with Crippen molar-refractivity contribution in [2.75, 3.05) is 33.9 Å². The lowest BCUT2D eigenvalue weighted by molar-refractivity contribution is 0.0631. The fourth-order valence-corrected chi connectivity index (χ4v) is 3.45. The molecule has 2 rings (SSSR count). The minimum atomic E-state index is -0.0948. The predicted octanol–water partition coefficient (Wildman–Crippen LogP) is 2.94. The van der Waals surface area contributed by atoms with Gasteiger partial charge in [-0.3, -0.25) is 9.59 Å². The summed E-state index contributed by atoms with van der Waals surface area (Å²) in [6.45, 7) is 2.41. The number of ketones is 1. The van der Waals surface area contributed by atoms with Gasteiger partial charge in [-0.1, -0.05) is 0 Å². The normalized spacial score (nSPS) is 15.6. The number of hydrogen-bond donors (Lipinski definition) is 1. The van der Waals surface area contributed by atoms with E-state index in [2.05, 4.69) is 5.32 Å². The molecule has 24 heavy (non-hydrogen) atoms. The zero-order valence-corrected chi connectivity index (χ0v) is 15.2. The maximum absolute atomic E-state index is 12.1. The van der Waals surface area contributed by atoms with Gasteiger partial charge in [0.05, 0.1) is 9.75 Å². The molecular weight excluding hydrogens is 324 g/mol. The molecule has 0 saturated carbocycles. The number of nitrogens with one attached hydrogen (secondary N) is 1. The highest BCUT2D eigenvalue weighted by molar-refractivity contribution is 7.16. The molecule has 2 heterocycles. The molecule has 132 valence electrons. The third-order valence-corrected chi connectivity index (χ3v) is 5.11. The van der Waals surface area contributed by atoms with E-state index in [1.165, 1.54) is 17.4 Å². The van der Waals surface area contributed by atoms with E-state index in [0.717, 1.165) is 44.8 Å². The summed E-state index contributed by atoms with van der Waals surface area (Å²) in [4.78, 5) is 27.1. The van der Waals surface area contributed by atoms with Gasteiger partial charge in [-0.15, -0.1) is 11.3 Å². The molecule has 0 aromatic carbocycles. The summed E-state index contributed by atoms with van der Waals surface area (Å²) >= 11 is 1.24. The molecule has 1 aliphatic heterocycles. The zero-order valence-electron chi connectivity index (χ0n) is 14.4. The van der Waals surface area contributed by atoms with Crippen LogP contribution in [0.3, 0.4) is 0 Å². The molecule has 1 amide bonds. The quantitative estimate of drug-likeness (QED) is 0.445. The van der Waals surface area contributed by atoms with Gasteiger partial charge in [0.1, 0.15) is 0 Å². The lowest BCUT2D eigenvalue weighted by atomic mass is 9.95. The average Bonchev–Trinajstić information content (AvgIpc) is 3.07. The molecule has 1 N–H and O–H groups in total. The van der Waals surface area contributed by atoms with Crippen molar-refractivity contribution >= 4 is 23.0 Å². The van der Waals surface area contributed by atoms with Crippen LogP contribution in [0, 0.1) is 5.92 Å². The van der Waals surface area contributed by atoms with Gasteiger partial charge in [-0.25, -0.2) is 0 Å². The molecule has 1 aromatic heterocycles. The van der Waals surface area contributed by atoms with Gasteiger partial charge in [-0.05, 0) is 43.7 Å². The Hall–Kier alpha value is -1.66. The first kappa shape index (κ1) is 18.7. The number of rotatable bonds is 8. The average molecular weight is 350 g/mol. The monoisotopic (exact) mass is 350 g/mol. The van der Waals surface area contributed by atoms with Gasteiger partial charge in [0, 0.05) is 46.1 Å². The number of nitrogens with zero attached hydrogens (tertiary/aromatic N) is 1. The van der Waals surface area contributed by atoms with E-state index in [-0.39, 0.29) is 11.7 Å². The molecule has 0 bridgehead atoms. The number of ether oxygens (including phenoxy) is 1. The Morgan fingerprint density at radius 3 is 2.71 bits per heavy atom. The number of allylic oxidation sites excluding steroid dienone is 1. The molecule has 1 fully saturated rings. The van der Waals surface area contributed by atoms with Crippen LogP contribution in [0.2, 0.25) is 0 Å². The van der Waals surface area contributed by atoms with Crippen molar-refractivity contribution in [2.45, 2.75) is 25.7 Å². The van der Waals surface area contributed by atoms with Gasteiger partial charge < -0.3 is 15.0 Å². The highest BCUT2D eigenvalue weighted by atomic mass is 32.1. The van der Waals surface area contributed by atoms with Crippen molar-refractivity contribution in [1.29, 1.82) is 0 Å². The molecule has 0 aliphatic carbocycles. The summed E-state index contributed by atoms with van der Waals surface area (Å²) in [6.07, 6.45) is 7.60. The Bertz CT molecular complexity index is 575. The number of carbonyl (C=O) groups is 2. The van der Waals surface area contributed by atoms with E-state index in [9.17, 15) is 9.59 Å². The summed E-state index contributed by atoms with van der Waals surface area (Å²) in [6, 6.07) is 3.43. The van der Waals surface area contributed by atoms with Crippen molar-refractivity contribution in [3.63, 3.8) is 0 Å². The summed E-state index contributed by atoms with van der Waals surface area (Å²) in [5, 5.41) is 2.94. The van der Waals surface area contributed by atoms with Crippen LogP contribution in [0.25, 0.3) is 0 Å². The molecule has 0 spiro atoms. The number of amides is 1. The first-order valence-corrected chi connectivity index (χ1v) is 9.22. The molecule has 6 heteroatoms. The topological polar surface area (TPSA) is 58.6 Å². The molecule has 1 aliphatic rings. The molecule has 5 nitrogen and oxygen atoms in total. The van der Waals surface area contributed by atoms with Crippen molar-refractivity contribution < 1.29 is 14.3 Å². The van der Waals surface area contributed by atoms with Crippen LogP contribution in [0.4, 0.5) is 0 Å². The van der Waals surface area contributed by atoms with Gasteiger partial charge in [-0.2, -0.15) is 0 Å². The van der Waals surface area contributed by atoms with E-state index in [1.54, 1.807) is 23.2 Å². The van der Waals surface area contributed by atoms with Crippen molar-refractivity contribution in [1.82, 2.24) is 10.2 Å². The highest BCUT2D eigenvalue weighted by Crippen LogP contribution is 2.20. The third kappa shape index (κ3) is 6.09. The fraction of sp³-hybridized carbons (Fsp3) is 0.556. The summed E-state index contributed by atoms with van der Waals surface area (Å²) in [7, 11) is 3.72. The number of carbonyl (C=O) groups excluding carboxylic acids is 2. The standard InChI is InChI=1S/C18H26N2O3S/c1-20(2)11-7-15(21)16-5-6-17(24-16)18(22)19-10-3-4-14-8-12-23-13-9-14/h5-7,11,14H,3-4,8-10,12-13H2,1-2H3,(H,19,22)/b11-7+. The molecule has 1 saturated heterocycles. The van der Waals surface area contributed by atoms with Crippen LogP contribution < -0.4 is 5.32 Å². The second-order valence-corrected chi connectivity index (χ2v) is 7.35. The Balaban J connectivity index is 1.73. The van der Waals surface area contributed by atoms with Gasteiger partial charge in [0.25, 0.3) is 5.91 Å².